The van der Waals surface area contributed by atoms with Gasteiger partial charge < -0.3 is 25.2 Å². The molecule has 0 spiro atoms. The number of carbonyl (C=O) groups excluding carboxylic acids is 2. The first-order valence-electron chi connectivity index (χ1n) is 11.9. The van der Waals surface area contributed by atoms with Crippen LogP contribution < -0.4 is 10.6 Å². The molecule has 3 unspecified atom stereocenters. The molecular weight excluding hydrogens is 448 g/mol. The minimum absolute atomic E-state index is 0.0457. The first kappa shape index (κ1) is 26.2. The Hall–Kier alpha value is -3.39. The summed E-state index contributed by atoms with van der Waals surface area (Å²) in [5, 5.41) is 14.6. The van der Waals surface area contributed by atoms with E-state index in [0.29, 0.717) is 0 Å². The highest BCUT2D eigenvalue weighted by molar-refractivity contribution is 5.81. The molecule has 0 saturated carbocycles. The van der Waals surface area contributed by atoms with Gasteiger partial charge in [0.25, 0.3) is 0 Å². The van der Waals surface area contributed by atoms with E-state index >= 15 is 0 Å². The Kier molecular flexibility index (Phi) is 8.87. The third kappa shape index (κ3) is 6.19. The molecule has 0 fully saturated rings. The summed E-state index contributed by atoms with van der Waals surface area (Å²) >= 11 is 0. The summed E-state index contributed by atoms with van der Waals surface area (Å²) in [4.78, 5) is 36.5. The van der Waals surface area contributed by atoms with Gasteiger partial charge in [0.2, 0.25) is 5.91 Å². The first-order valence-corrected chi connectivity index (χ1v) is 11.9. The van der Waals surface area contributed by atoms with Crippen molar-refractivity contribution in [2.75, 3.05) is 20.3 Å². The number of benzene rings is 2. The van der Waals surface area contributed by atoms with Crippen molar-refractivity contribution >= 4 is 18.0 Å². The number of amides is 2. The van der Waals surface area contributed by atoms with Gasteiger partial charge in [-0.15, -0.1) is 0 Å². The number of methoxy groups -OCH3 is 1. The van der Waals surface area contributed by atoms with E-state index in [2.05, 4.69) is 34.9 Å². The Morgan fingerprint density at radius 2 is 1.54 bits per heavy atom. The maximum Gasteiger partial charge on any atom is 0.407 e. The van der Waals surface area contributed by atoms with Crippen molar-refractivity contribution in [1.29, 1.82) is 0 Å². The van der Waals surface area contributed by atoms with E-state index < -0.39 is 30.1 Å². The number of hydrogen-bond acceptors (Lipinski definition) is 5. The van der Waals surface area contributed by atoms with Crippen LogP contribution in [0.4, 0.5) is 4.79 Å². The second-order valence-corrected chi connectivity index (χ2v) is 9.17. The summed E-state index contributed by atoms with van der Waals surface area (Å²) in [6.07, 6.45) is -1.41. The molecule has 3 rings (SSSR count). The Balaban J connectivity index is 1.57. The predicted molar refractivity (Wildman–Crippen MR) is 132 cm³/mol. The quantitative estimate of drug-likeness (QED) is 0.449. The Bertz CT molecular complexity index is 1010. The molecule has 0 aliphatic heterocycles. The van der Waals surface area contributed by atoms with Crippen LogP contribution in [0.5, 0.6) is 0 Å². The fourth-order valence-corrected chi connectivity index (χ4v) is 4.81. The molecular formula is C27H34N2O6. The number of ether oxygens (including phenoxy) is 2. The van der Waals surface area contributed by atoms with Gasteiger partial charge >= 0.3 is 12.1 Å². The highest BCUT2D eigenvalue weighted by atomic mass is 16.5. The molecule has 2 aromatic carbocycles. The van der Waals surface area contributed by atoms with Crippen LogP contribution in [0.25, 0.3) is 11.1 Å². The lowest BCUT2D eigenvalue weighted by atomic mass is 9.88. The molecule has 0 aromatic heterocycles. The Morgan fingerprint density at radius 1 is 0.971 bits per heavy atom. The number of aliphatic carboxylic acids is 1. The molecule has 0 saturated heterocycles. The highest BCUT2D eigenvalue weighted by Gasteiger charge is 2.32. The zero-order chi connectivity index (χ0) is 25.5. The van der Waals surface area contributed by atoms with Gasteiger partial charge in [-0.3, -0.25) is 4.79 Å². The van der Waals surface area contributed by atoms with Crippen molar-refractivity contribution in [3.63, 3.8) is 0 Å². The summed E-state index contributed by atoms with van der Waals surface area (Å²) in [5.41, 5.74) is 4.57. The van der Waals surface area contributed by atoms with Crippen LogP contribution in [-0.2, 0) is 19.1 Å². The fraction of sp³-hybridized carbons (Fsp3) is 0.444. The van der Waals surface area contributed by atoms with Gasteiger partial charge in [0, 0.05) is 32.0 Å². The lowest BCUT2D eigenvalue weighted by Gasteiger charge is -2.27. The molecule has 0 heterocycles. The molecule has 1 aliphatic rings. The second-order valence-electron chi connectivity index (χ2n) is 9.17. The van der Waals surface area contributed by atoms with Crippen molar-refractivity contribution in [3.8, 4) is 11.1 Å². The standard InChI is InChI=1S/C27H34N2O6/c1-16(2)24(25(30)28-14-13-23(34-4)26(31)32)17(3)29-27(33)35-15-22-20-11-7-5-9-18(20)19-10-6-8-12-21(19)22/h5-12,16-17,22-24H,13-15H2,1-4H3,(H,28,30)(H,29,33)(H,31,32). The number of alkyl carbamates (subject to hydrolysis) is 1. The Labute approximate surface area is 206 Å². The van der Waals surface area contributed by atoms with E-state index in [4.69, 9.17) is 14.6 Å². The summed E-state index contributed by atoms with van der Waals surface area (Å²) in [7, 11) is 1.32. The molecule has 2 amide bonds. The molecule has 3 atom stereocenters. The van der Waals surface area contributed by atoms with Crippen LogP contribution in [0.2, 0.25) is 0 Å². The van der Waals surface area contributed by atoms with Crippen molar-refractivity contribution in [2.45, 2.75) is 45.3 Å². The summed E-state index contributed by atoms with van der Waals surface area (Å²) in [5.74, 6) is -1.95. The first-order chi connectivity index (χ1) is 16.7. The van der Waals surface area contributed by atoms with Gasteiger partial charge in [-0.1, -0.05) is 62.4 Å². The van der Waals surface area contributed by atoms with Crippen molar-refractivity contribution in [3.05, 3.63) is 59.7 Å². The van der Waals surface area contributed by atoms with Gasteiger partial charge in [-0.25, -0.2) is 9.59 Å². The van der Waals surface area contributed by atoms with Crippen LogP contribution in [0, 0.1) is 11.8 Å². The van der Waals surface area contributed by atoms with Gasteiger partial charge in [-0.05, 0) is 35.1 Å². The number of rotatable bonds is 11. The van der Waals surface area contributed by atoms with Crippen LogP contribution in [0.15, 0.2) is 48.5 Å². The predicted octanol–water partition coefficient (Wildman–Crippen LogP) is 3.79. The largest absolute Gasteiger partial charge is 0.479 e. The number of nitrogens with one attached hydrogen (secondary N) is 2. The van der Waals surface area contributed by atoms with Gasteiger partial charge in [0.05, 0.1) is 5.92 Å². The van der Waals surface area contributed by atoms with Crippen molar-refractivity contribution in [2.24, 2.45) is 11.8 Å². The topological polar surface area (TPSA) is 114 Å². The molecule has 1 aliphatic carbocycles. The maximum absolute atomic E-state index is 12.8. The summed E-state index contributed by atoms with van der Waals surface area (Å²) in [6, 6.07) is 15.8. The SMILES string of the molecule is COC(CCNC(=O)C(C(C)C)C(C)NC(=O)OCC1c2ccccc2-c2ccccc21)C(=O)O. The average Bonchev–Trinajstić information content (AvgIpc) is 3.14. The smallest absolute Gasteiger partial charge is 0.407 e. The van der Waals surface area contributed by atoms with E-state index in [-0.39, 0.29) is 37.3 Å². The minimum Gasteiger partial charge on any atom is -0.479 e. The van der Waals surface area contributed by atoms with E-state index in [1.165, 1.54) is 7.11 Å². The minimum atomic E-state index is -1.08. The van der Waals surface area contributed by atoms with E-state index in [1.807, 2.05) is 38.1 Å². The lowest BCUT2D eigenvalue weighted by Crippen LogP contribution is -2.48. The second kappa shape index (κ2) is 11.8. The zero-order valence-corrected chi connectivity index (χ0v) is 20.6. The maximum atomic E-state index is 12.8. The van der Waals surface area contributed by atoms with E-state index in [0.717, 1.165) is 22.3 Å². The average molecular weight is 483 g/mol. The third-order valence-corrected chi connectivity index (χ3v) is 6.51. The molecule has 0 bridgehead atoms. The molecule has 8 nitrogen and oxygen atoms in total. The van der Waals surface area contributed by atoms with E-state index in [1.54, 1.807) is 6.92 Å². The summed E-state index contributed by atoms with van der Waals surface area (Å²) in [6.45, 7) is 5.91. The molecule has 3 N–H and O–H groups in total. The number of fused-ring (bicyclic) bond motifs is 3. The van der Waals surface area contributed by atoms with Gasteiger partial charge in [-0.2, -0.15) is 0 Å². The van der Waals surface area contributed by atoms with Crippen molar-refractivity contribution < 1.29 is 29.0 Å². The molecule has 188 valence electrons. The molecule has 35 heavy (non-hydrogen) atoms. The van der Waals surface area contributed by atoms with Crippen LogP contribution >= 0.6 is 0 Å². The molecule has 2 aromatic rings. The van der Waals surface area contributed by atoms with Gasteiger partial charge in [0.1, 0.15) is 6.61 Å². The van der Waals surface area contributed by atoms with Crippen LogP contribution in [0.3, 0.4) is 0 Å². The Morgan fingerprint density at radius 3 is 2.06 bits per heavy atom. The van der Waals surface area contributed by atoms with Crippen molar-refractivity contribution in [1.82, 2.24) is 10.6 Å². The number of hydrogen-bond donors (Lipinski definition) is 3. The lowest BCUT2D eigenvalue weighted by molar-refractivity contribution is -0.149. The monoisotopic (exact) mass is 482 g/mol. The number of carboxylic acid groups (broad SMARTS) is 1. The van der Waals surface area contributed by atoms with Gasteiger partial charge in [0.15, 0.2) is 6.10 Å². The zero-order valence-electron chi connectivity index (χ0n) is 20.6. The highest BCUT2D eigenvalue weighted by Crippen LogP contribution is 2.44. The number of carboxylic acids is 1. The number of carbonyl (C=O) groups is 3. The van der Waals surface area contributed by atoms with Crippen LogP contribution in [-0.4, -0.2) is 55.5 Å². The van der Waals surface area contributed by atoms with E-state index in [9.17, 15) is 14.4 Å². The molecule has 0 radical (unpaired) electrons. The van der Waals surface area contributed by atoms with Crippen LogP contribution in [0.1, 0.15) is 44.2 Å². The molecule has 8 heteroatoms. The third-order valence-electron chi connectivity index (χ3n) is 6.51. The fourth-order valence-electron chi connectivity index (χ4n) is 4.81. The normalized spacial score (nSPS) is 15.0. The summed E-state index contributed by atoms with van der Waals surface area (Å²) < 4.78 is 10.5.